The van der Waals surface area contributed by atoms with Gasteiger partial charge in [0.1, 0.15) is 0 Å². The van der Waals surface area contributed by atoms with Crippen LogP contribution in [0.25, 0.3) is 0 Å². The van der Waals surface area contributed by atoms with Gasteiger partial charge in [0, 0.05) is 6.61 Å². The molecule has 4 heteroatoms. The summed E-state index contributed by atoms with van der Waals surface area (Å²) in [5.74, 6) is 0. The molecule has 3 N–H and O–H groups in total. The Bertz CT molecular complexity index is 60.0. The van der Waals surface area contributed by atoms with Gasteiger partial charge in [0.15, 0.2) is 0 Å². The highest BCUT2D eigenvalue weighted by Crippen LogP contribution is 2.00. The number of hydrogen-bond donors (Lipinski definition) is 2. The molecule has 0 aromatic carbocycles. The van der Waals surface area contributed by atoms with E-state index in [2.05, 4.69) is 0 Å². The minimum atomic E-state index is -2.51. The molecule has 0 bridgehead atoms. The maximum atomic E-state index is 11.4. The number of aliphatic hydroxyl groups is 1. The molecule has 0 aliphatic rings. The summed E-state index contributed by atoms with van der Waals surface area (Å²) in [6.07, 6.45) is -2.54. The molecule has 0 amide bonds. The van der Waals surface area contributed by atoms with Crippen LogP contribution in [0, 0.1) is 0 Å². The predicted molar refractivity (Wildman–Crippen MR) is 25.7 cm³/mol. The summed E-state index contributed by atoms with van der Waals surface area (Å²) < 4.78 is 22.8. The SMILES string of the molecule is NC(CCO)C(F)F. The van der Waals surface area contributed by atoms with Crippen LogP contribution in [0.4, 0.5) is 8.78 Å². The lowest BCUT2D eigenvalue weighted by atomic mass is 10.2. The second-order valence-electron chi connectivity index (χ2n) is 1.51. The molecule has 1 atom stereocenters. The Balaban J connectivity index is 3.17. The van der Waals surface area contributed by atoms with E-state index in [0.29, 0.717) is 0 Å². The van der Waals surface area contributed by atoms with E-state index < -0.39 is 12.5 Å². The third-order valence-corrected chi connectivity index (χ3v) is 0.786. The monoisotopic (exact) mass is 125 g/mol. The first kappa shape index (κ1) is 7.78. The first-order valence-corrected chi connectivity index (χ1v) is 2.33. The highest BCUT2D eigenvalue weighted by Gasteiger charge is 2.12. The number of halogens is 2. The first-order valence-electron chi connectivity index (χ1n) is 2.33. The molecule has 0 fully saturated rings. The van der Waals surface area contributed by atoms with Crippen molar-refractivity contribution in [3.63, 3.8) is 0 Å². The standard InChI is InChI=1S/C4H9F2NO/c5-4(6)3(7)1-2-8/h3-4,8H,1-2,7H2. The van der Waals surface area contributed by atoms with Crippen LogP contribution in [0.1, 0.15) is 6.42 Å². The zero-order valence-corrected chi connectivity index (χ0v) is 4.35. The molecule has 0 aromatic heterocycles. The smallest absolute Gasteiger partial charge is 0.253 e. The maximum Gasteiger partial charge on any atom is 0.253 e. The number of hydrogen-bond acceptors (Lipinski definition) is 2. The molecule has 50 valence electrons. The van der Waals surface area contributed by atoms with Gasteiger partial charge >= 0.3 is 0 Å². The number of alkyl halides is 2. The summed E-state index contributed by atoms with van der Waals surface area (Å²) in [7, 11) is 0. The van der Waals surface area contributed by atoms with Crippen LogP contribution in [0.5, 0.6) is 0 Å². The van der Waals surface area contributed by atoms with Crippen LogP contribution < -0.4 is 5.73 Å². The van der Waals surface area contributed by atoms with E-state index in [1.165, 1.54) is 0 Å². The van der Waals surface area contributed by atoms with Crippen molar-refractivity contribution < 1.29 is 13.9 Å². The van der Waals surface area contributed by atoms with Crippen molar-refractivity contribution >= 4 is 0 Å². The Morgan fingerprint density at radius 3 is 2.12 bits per heavy atom. The van der Waals surface area contributed by atoms with Crippen LogP contribution in [-0.4, -0.2) is 24.2 Å². The number of rotatable bonds is 3. The molecule has 0 saturated heterocycles. The Kier molecular flexibility index (Phi) is 3.64. The van der Waals surface area contributed by atoms with Crippen molar-refractivity contribution in [2.45, 2.75) is 18.9 Å². The topological polar surface area (TPSA) is 46.2 Å². The summed E-state index contributed by atoms with van der Waals surface area (Å²) >= 11 is 0. The van der Waals surface area contributed by atoms with E-state index in [0.717, 1.165) is 0 Å². The summed E-state index contributed by atoms with van der Waals surface area (Å²) in [5.41, 5.74) is 4.82. The van der Waals surface area contributed by atoms with Crippen molar-refractivity contribution in [2.24, 2.45) is 5.73 Å². The lowest BCUT2D eigenvalue weighted by molar-refractivity contribution is 0.101. The van der Waals surface area contributed by atoms with Gasteiger partial charge in [0.05, 0.1) is 6.04 Å². The zero-order valence-electron chi connectivity index (χ0n) is 4.35. The van der Waals surface area contributed by atoms with Crippen molar-refractivity contribution in [2.75, 3.05) is 6.61 Å². The number of aliphatic hydroxyl groups excluding tert-OH is 1. The van der Waals surface area contributed by atoms with Gasteiger partial charge in [-0.2, -0.15) is 0 Å². The first-order chi connectivity index (χ1) is 3.68. The van der Waals surface area contributed by atoms with Crippen LogP contribution in [0.15, 0.2) is 0 Å². The fourth-order valence-electron chi connectivity index (χ4n) is 0.275. The molecule has 0 spiro atoms. The maximum absolute atomic E-state index is 11.4. The molecule has 8 heavy (non-hydrogen) atoms. The molecule has 0 rings (SSSR count). The Morgan fingerprint density at radius 2 is 2.00 bits per heavy atom. The highest BCUT2D eigenvalue weighted by atomic mass is 19.3. The molecule has 0 saturated carbocycles. The van der Waals surface area contributed by atoms with Crippen molar-refractivity contribution in [3.8, 4) is 0 Å². The zero-order chi connectivity index (χ0) is 6.57. The molecular weight excluding hydrogens is 116 g/mol. The van der Waals surface area contributed by atoms with Crippen molar-refractivity contribution in [1.82, 2.24) is 0 Å². The average Bonchev–Trinajstić information content (AvgIpc) is 1.67. The largest absolute Gasteiger partial charge is 0.396 e. The third kappa shape index (κ3) is 2.87. The quantitative estimate of drug-likeness (QED) is 0.556. The molecule has 2 nitrogen and oxygen atoms in total. The van der Waals surface area contributed by atoms with Gasteiger partial charge in [-0.3, -0.25) is 0 Å². The molecule has 0 aromatic rings. The number of nitrogens with two attached hydrogens (primary N) is 1. The lowest BCUT2D eigenvalue weighted by Gasteiger charge is -2.05. The Morgan fingerprint density at radius 1 is 1.50 bits per heavy atom. The van der Waals surface area contributed by atoms with Crippen LogP contribution in [0.2, 0.25) is 0 Å². The fraction of sp³-hybridized carbons (Fsp3) is 1.00. The molecule has 0 aliphatic carbocycles. The second-order valence-corrected chi connectivity index (χ2v) is 1.51. The van der Waals surface area contributed by atoms with Gasteiger partial charge in [-0.1, -0.05) is 0 Å². The van der Waals surface area contributed by atoms with E-state index in [1.54, 1.807) is 0 Å². The molecule has 0 heterocycles. The minimum Gasteiger partial charge on any atom is -0.396 e. The van der Waals surface area contributed by atoms with E-state index in [9.17, 15) is 8.78 Å². The summed E-state index contributed by atoms with van der Waals surface area (Å²) in [6, 6.07) is -1.17. The minimum absolute atomic E-state index is 0.0301. The normalized spacial score (nSPS) is 14.6. The van der Waals surface area contributed by atoms with Crippen molar-refractivity contribution in [1.29, 1.82) is 0 Å². The van der Waals surface area contributed by atoms with E-state index >= 15 is 0 Å². The lowest BCUT2D eigenvalue weighted by Crippen LogP contribution is -2.29. The van der Waals surface area contributed by atoms with E-state index in [4.69, 9.17) is 10.8 Å². The molecular formula is C4H9F2NO. The van der Waals surface area contributed by atoms with Crippen LogP contribution in [-0.2, 0) is 0 Å². The molecule has 0 radical (unpaired) electrons. The van der Waals surface area contributed by atoms with E-state index in [-0.39, 0.29) is 13.0 Å². The van der Waals surface area contributed by atoms with Crippen LogP contribution in [0.3, 0.4) is 0 Å². The van der Waals surface area contributed by atoms with Gasteiger partial charge < -0.3 is 10.8 Å². The summed E-state index contributed by atoms with van der Waals surface area (Å²) in [4.78, 5) is 0. The van der Waals surface area contributed by atoms with Gasteiger partial charge in [-0.15, -0.1) is 0 Å². The Hall–Kier alpha value is -0.220. The highest BCUT2D eigenvalue weighted by molar-refractivity contribution is 4.61. The average molecular weight is 125 g/mol. The van der Waals surface area contributed by atoms with E-state index in [1.807, 2.05) is 0 Å². The summed E-state index contributed by atoms with van der Waals surface area (Å²) in [6.45, 7) is -0.272. The second kappa shape index (κ2) is 3.74. The fourth-order valence-corrected chi connectivity index (χ4v) is 0.275. The van der Waals surface area contributed by atoms with Gasteiger partial charge in [-0.05, 0) is 6.42 Å². The van der Waals surface area contributed by atoms with Crippen molar-refractivity contribution in [3.05, 3.63) is 0 Å². The predicted octanol–water partition coefficient (Wildman–Crippen LogP) is -0.0388. The summed E-state index contributed by atoms with van der Waals surface area (Å²) in [5, 5.41) is 8.07. The van der Waals surface area contributed by atoms with Gasteiger partial charge in [0.25, 0.3) is 6.43 Å². The molecule has 1 unspecified atom stereocenters. The molecule has 0 aliphatic heterocycles. The van der Waals surface area contributed by atoms with Crippen LogP contribution >= 0.6 is 0 Å². The third-order valence-electron chi connectivity index (χ3n) is 0.786. The Labute approximate surface area is 46.3 Å². The van der Waals surface area contributed by atoms with Gasteiger partial charge in [-0.25, -0.2) is 8.78 Å². The van der Waals surface area contributed by atoms with Gasteiger partial charge in [0.2, 0.25) is 0 Å².